The average Bonchev–Trinajstić information content (AvgIpc) is 3.14. The summed E-state index contributed by atoms with van der Waals surface area (Å²) in [6.45, 7) is 0.996. The van der Waals surface area contributed by atoms with Crippen molar-refractivity contribution in [3.05, 3.63) is 68.5 Å². The highest BCUT2D eigenvalue weighted by Crippen LogP contribution is 2.45. The number of hydrogen-bond acceptors (Lipinski definition) is 7. The first-order valence-corrected chi connectivity index (χ1v) is 9.45. The topological polar surface area (TPSA) is 124 Å². The van der Waals surface area contributed by atoms with Crippen molar-refractivity contribution < 1.29 is 19.4 Å². The zero-order chi connectivity index (χ0) is 21.9. The van der Waals surface area contributed by atoms with Crippen LogP contribution < -0.4 is 11.2 Å². The minimum absolute atomic E-state index is 0.0687. The van der Waals surface area contributed by atoms with E-state index < -0.39 is 41.3 Å². The predicted octanol–water partition coefficient (Wildman–Crippen LogP) is 0.833. The lowest BCUT2D eigenvalue weighted by molar-refractivity contribution is -0.104. The second-order valence-electron chi connectivity index (χ2n) is 7.40. The van der Waals surface area contributed by atoms with Crippen LogP contribution in [0.4, 0.5) is 0 Å². The highest BCUT2D eigenvalue weighted by Gasteiger charge is 2.49. The maximum absolute atomic E-state index is 13.1. The van der Waals surface area contributed by atoms with Gasteiger partial charge in [0.15, 0.2) is 0 Å². The maximum Gasteiger partial charge on any atom is 0.338 e. The molecule has 0 bridgehead atoms. The second-order valence-corrected chi connectivity index (χ2v) is 7.40. The van der Waals surface area contributed by atoms with Crippen LogP contribution in [-0.4, -0.2) is 46.8 Å². The van der Waals surface area contributed by atoms with E-state index in [1.807, 2.05) is 0 Å². The van der Waals surface area contributed by atoms with Crippen LogP contribution >= 0.6 is 0 Å². The van der Waals surface area contributed by atoms with Crippen LogP contribution in [0.2, 0.25) is 0 Å². The molecule has 9 heteroatoms. The van der Waals surface area contributed by atoms with Crippen molar-refractivity contribution in [3.63, 3.8) is 0 Å². The van der Waals surface area contributed by atoms with Crippen molar-refractivity contribution in [2.45, 2.75) is 31.9 Å². The summed E-state index contributed by atoms with van der Waals surface area (Å²) < 4.78 is 12.4. The first-order chi connectivity index (χ1) is 14.4. The molecule has 1 N–H and O–H groups in total. The molecule has 0 saturated heterocycles. The van der Waals surface area contributed by atoms with Crippen molar-refractivity contribution in [3.8, 4) is 6.07 Å². The number of aliphatic hydroxyl groups is 1. The zero-order valence-corrected chi connectivity index (χ0v) is 16.8. The monoisotopic (exact) mass is 413 g/mol. The second kappa shape index (κ2) is 8.75. The maximum atomic E-state index is 13.1. The van der Waals surface area contributed by atoms with Crippen LogP contribution in [0.5, 0.6) is 0 Å². The molecule has 1 heterocycles. The van der Waals surface area contributed by atoms with E-state index >= 15 is 0 Å². The van der Waals surface area contributed by atoms with Gasteiger partial charge in [0.2, 0.25) is 0 Å². The first kappa shape index (κ1) is 21.6. The molecule has 0 radical (unpaired) electrons. The van der Waals surface area contributed by atoms with Gasteiger partial charge >= 0.3 is 5.69 Å². The van der Waals surface area contributed by atoms with Crippen molar-refractivity contribution in [1.82, 2.24) is 9.13 Å². The standard InChI is InChI=1S/C21H23N3O6/c1-14-10-23(16-8-17(30-13-29-2)21(9-16,11-22)12-25)20(28)24(18(14)26)19(27)15-6-4-3-5-7-15/h3-7,10,16-17,25H,8-9,12-13H2,1-2H3/t16-,17-,21-/m0/s1. The molecule has 1 aromatic heterocycles. The van der Waals surface area contributed by atoms with Gasteiger partial charge in [-0.15, -0.1) is 0 Å². The van der Waals surface area contributed by atoms with Crippen LogP contribution in [0.1, 0.15) is 34.8 Å². The van der Waals surface area contributed by atoms with Gasteiger partial charge < -0.3 is 14.6 Å². The highest BCUT2D eigenvalue weighted by atomic mass is 16.7. The van der Waals surface area contributed by atoms with Crippen LogP contribution in [0.15, 0.2) is 46.1 Å². The Kier molecular flexibility index (Phi) is 6.31. The Balaban J connectivity index is 2.07. The number of carbonyl (C=O) groups is 1. The van der Waals surface area contributed by atoms with Crippen LogP contribution in [0.3, 0.4) is 0 Å². The van der Waals surface area contributed by atoms with Crippen molar-refractivity contribution in [1.29, 1.82) is 5.26 Å². The average molecular weight is 413 g/mol. The van der Waals surface area contributed by atoms with Gasteiger partial charge in [0.05, 0.1) is 18.8 Å². The molecule has 0 aliphatic heterocycles. The van der Waals surface area contributed by atoms with Gasteiger partial charge in [-0.1, -0.05) is 18.2 Å². The van der Waals surface area contributed by atoms with Gasteiger partial charge in [0.25, 0.3) is 11.5 Å². The van der Waals surface area contributed by atoms with Gasteiger partial charge in [-0.05, 0) is 31.9 Å². The molecular formula is C21H23N3O6. The Morgan fingerprint density at radius 1 is 1.33 bits per heavy atom. The van der Waals surface area contributed by atoms with Gasteiger partial charge in [0, 0.05) is 30.5 Å². The number of nitriles is 1. The molecular weight excluding hydrogens is 390 g/mol. The summed E-state index contributed by atoms with van der Waals surface area (Å²) in [6, 6.07) is 9.63. The first-order valence-electron chi connectivity index (χ1n) is 9.45. The molecule has 1 saturated carbocycles. The predicted molar refractivity (Wildman–Crippen MR) is 106 cm³/mol. The molecule has 0 spiro atoms. The normalized spacial score (nSPS) is 23.3. The molecule has 1 aliphatic carbocycles. The fourth-order valence-electron chi connectivity index (χ4n) is 3.87. The lowest BCUT2D eigenvalue weighted by Gasteiger charge is -2.25. The quantitative estimate of drug-likeness (QED) is 0.696. The zero-order valence-electron chi connectivity index (χ0n) is 16.8. The number of carbonyl (C=O) groups excluding carboxylic acids is 1. The number of nitrogens with zero attached hydrogens (tertiary/aromatic N) is 3. The highest BCUT2D eigenvalue weighted by molar-refractivity contribution is 5.95. The third kappa shape index (κ3) is 3.73. The summed E-state index contributed by atoms with van der Waals surface area (Å²) in [5, 5.41) is 19.6. The third-order valence-electron chi connectivity index (χ3n) is 5.50. The molecule has 2 aromatic rings. The molecule has 3 rings (SSSR count). The summed E-state index contributed by atoms with van der Waals surface area (Å²) in [4.78, 5) is 38.6. The summed E-state index contributed by atoms with van der Waals surface area (Å²) in [5.41, 5.74) is -2.28. The molecule has 158 valence electrons. The fraction of sp³-hybridized carbons (Fsp3) is 0.429. The van der Waals surface area contributed by atoms with E-state index in [1.54, 1.807) is 18.2 Å². The van der Waals surface area contributed by atoms with E-state index in [9.17, 15) is 24.8 Å². The Bertz CT molecular complexity index is 1080. The van der Waals surface area contributed by atoms with E-state index in [0.717, 1.165) is 0 Å². The summed E-state index contributed by atoms with van der Waals surface area (Å²) in [5.74, 6) is -0.720. The van der Waals surface area contributed by atoms with E-state index in [1.165, 1.54) is 36.9 Å². The van der Waals surface area contributed by atoms with E-state index in [0.29, 0.717) is 4.57 Å². The van der Waals surface area contributed by atoms with Gasteiger partial charge in [-0.25, -0.2) is 4.79 Å². The minimum atomic E-state index is -1.22. The largest absolute Gasteiger partial charge is 0.395 e. The number of aryl methyl sites for hydroxylation is 1. The number of aliphatic hydroxyl groups excluding tert-OH is 1. The lowest BCUT2D eigenvalue weighted by atomic mass is 9.86. The van der Waals surface area contributed by atoms with Crippen LogP contribution in [0, 0.1) is 23.7 Å². The number of ether oxygens (including phenoxy) is 2. The van der Waals surface area contributed by atoms with Gasteiger partial charge in [-0.2, -0.15) is 9.83 Å². The minimum Gasteiger partial charge on any atom is -0.395 e. The molecule has 0 unspecified atom stereocenters. The Hall–Kier alpha value is -3.06. The smallest absolute Gasteiger partial charge is 0.338 e. The molecule has 30 heavy (non-hydrogen) atoms. The Morgan fingerprint density at radius 3 is 2.63 bits per heavy atom. The molecule has 1 fully saturated rings. The van der Waals surface area contributed by atoms with Crippen LogP contribution in [-0.2, 0) is 9.47 Å². The number of aromatic nitrogens is 2. The van der Waals surface area contributed by atoms with E-state index in [4.69, 9.17) is 9.47 Å². The molecule has 0 amide bonds. The van der Waals surface area contributed by atoms with E-state index in [-0.39, 0.29) is 30.8 Å². The van der Waals surface area contributed by atoms with Crippen molar-refractivity contribution >= 4 is 5.91 Å². The van der Waals surface area contributed by atoms with Gasteiger partial charge in [0.1, 0.15) is 12.2 Å². The molecule has 1 aliphatic rings. The van der Waals surface area contributed by atoms with Gasteiger partial charge in [-0.3, -0.25) is 14.2 Å². The fourth-order valence-corrected chi connectivity index (χ4v) is 3.87. The van der Waals surface area contributed by atoms with Crippen LogP contribution in [0.25, 0.3) is 0 Å². The molecule has 9 nitrogen and oxygen atoms in total. The number of rotatable bonds is 6. The van der Waals surface area contributed by atoms with Crippen molar-refractivity contribution in [2.24, 2.45) is 5.41 Å². The number of methoxy groups -OCH3 is 1. The summed E-state index contributed by atoms with van der Waals surface area (Å²) in [6.07, 6.45) is 1.09. The lowest BCUT2D eigenvalue weighted by Crippen LogP contribution is -2.45. The number of benzene rings is 1. The van der Waals surface area contributed by atoms with Crippen molar-refractivity contribution in [2.75, 3.05) is 20.5 Å². The Morgan fingerprint density at radius 2 is 2.03 bits per heavy atom. The third-order valence-corrected chi connectivity index (χ3v) is 5.50. The molecule has 3 atom stereocenters. The summed E-state index contributed by atoms with van der Waals surface area (Å²) in [7, 11) is 1.44. The van der Waals surface area contributed by atoms with E-state index in [2.05, 4.69) is 6.07 Å². The molecule has 1 aromatic carbocycles. The summed E-state index contributed by atoms with van der Waals surface area (Å²) >= 11 is 0. The SMILES string of the molecule is COCO[C@H]1C[C@H](n2cc(C)c(=O)n(C(=O)c3ccccc3)c2=O)C[C@]1(C#N)CO. The Labute approximate surface area is 172 Å². The number of hydrogen-bond donors (Lipinski definition) is 1.